The van der Waals surface area contributed by atoms with Gasteiger partial charge in [0, 0.05) is 30.9 Å². The molecule has 206 valence electrons. The highest BCUT2D eigenvalue weighted by Gasteiger charge is 2.18. The van der Waals surface area contributed by atoms with Gasteiger partial charge in [0.05, 0.1) is 11.4 Å². The van der Waals surface area contributed by atoms with Crippen LogP contribution in [0.25, 0.3) is 0 Å². The first kappa shape index (κ1) is 29.2. The second-order valence-corrected chi connectivity index (χ2v) is 10.3. The molecule has 0 saturated carbocycles. The van der Waals surface area contributed by atoms with E-state index in [2.05, 4.69) is 16.0 Å². The van der Waals surface area contributed by atoms with Crippen LogP contribution in [0.15, 0.2) is 78.9 Å². The first-order valence-corrected chi connectivity index (χ1v) is 12.8. The van der Waals surface area contributed by atoms with Crippen LogP contribution in [0, 0.1) is 0 Å². The van der Waals surface area contributed by atoms with Gasteiger partial charge in [-0.1, -0.05) is 42.5 Å². The third kappa shape index (κ3) is 9.79. The van der Waals surface area contributed by atoms with Crippen LogP contribution in [-0.2, 0) is 11.3 Å². The summed E-state index contributed by atoms with van der Waals surface area (Å²) in [5.74, 6) is -0.328. The summed E-state index contributed by atoms with van der Waals surface area (Å²) < 4.78 is 5.31. The number of likely N-dealkylation sites (N-methyl/N-ethyl adjacent to an activating group) is 1. The number of carbonyl (C=O) groups is 3. The van der Waals surface area contributed by atoms with Gasteiger partial charge in [-0.2, -0.15) is 0 Å². The average molecular weight is 532 g/mol. The molecule has 0 aliphatic rings. The number of para-hydroxylation sites is 3. The van der Waals surface area contributed by atoms with E-state index in [1.54, 1.807) is 62.1 Å². The van der Waals surface area contributed by atoms with Gasteiger partial charge in [0.1, 0.15) is 5.60 Å². The van der Waals surface area contributed by atoms with E-state index in [9.17, 15) is 14.4 Å². The minimum Gasteiger partial charge on any atom is -0.444 e. The lowest BCUT2D eigenvalue weighted by Gasteiger charge is -2.25. The number of rotatable bonds is 9. The van der Waals surface area contributed by atoms with Crippen molar-refractivity contribution in [3.8, 4) is 0 Å². The van der Waals surface area contributed by atoms with E-state index in [1.165, 1.54) is 0 Å². The van der Waals surface area contributed by atoms with Crippen LogP contribution in [0.2, 0.25) is 0 Å². The smallest absolute Gasteiger partial charge is 0.412 e. The summed E-state index contributed by atoms with van der Waals surface area (Å²) in [6.07, 6.45) is -0.608. The van der Waals surface area contributed by atoms with Crippen LogP contribution < -0.4 is 16.0 Å². The fourth-order valence-electron chi connectivity index (χ4n) is 3.59. The fourth-order valence-corrected chi connectivity index (χ4v) is 3.59. The summed E-state index contributed by atoms with van der Waals surface area (Å²) in [7, 11) is 3.92. The quantitative estimate of drug-likeness (QED) is 0.320. The minimum absolute atomic E-state index is 0.195. The highest BCUT2D eigenvalue weighted by molar-refractivity contribution is 6.06. The van der Waals surface area contributed by atoms with Crippen LogP contribution in [0.5, 0.6) is 0 Å². The third-order valence-electron chi connectivity index (χ3n) is 5.53. The first-order valence-electron chi connectivity index (χ1n) is 12.8. The lowest BCUT2D eigenvalue weighted by Crippen LogP contribution is -2.39. The average Bonchev–Trinajstić information content (AvgIpc) is 2.87. The normalized spacial score (nSPS) is 11.0. The van der Waals surface area contributed by atoms with Gasteiger partial charge < -0.3 is 25.2 Å². The highest BCUT2D eigenvalue weighted by Crippen LogP contribution is 2.23. The number of benzene rings is 3. The molecular formula is C30H37N5O4. The van der Waals surface area contributed by atoms with Gasteiger partial charge in [-0.25, -0.2) is 9.59 Å². The van der Waals surface area contributed by atoms with E-state index in [0.717, 1.165) is 11.3 Å². The first-order chi connectivity index (χ1) is 18.5. The predicted molar refractivity (Wildman–Crippen MR) is 155 cm³/mol. The van der Waals surface area contributed by atoms with Crippen molar-refractivity contribution in [2.24, 2.45) is 0 Å². The number of ether oxygens (including phenoxy) is 1. The largest absolute Gasteiger partial charge is 0.444 e. The molecule has 0 aromatic heterocycles. The fraction of sp³-hybridized carbons (Fsp3) is 0.300. The molecule has 0 unspecified atom stereocenters. The number of nitrogens with zero attached hydrogens (tertiary/aromatic N) is 2. The number of amides is 4. The Kier molecular flexibility index (Phi) is 10.1. The molecule has 0 fully saturated rings. The zero-order chi connectivity index (χ0) is 28.4. The van der Waals surface area contributed by atoms with Crippen molar-refractivity contribution in [3.63, 3.8) is 0 Å². The summed E-state index contributed by atoms with van der Waals surface area (Å²) in [5.41, 5.74) is 2.29. The molecule has 3 rings (SSSR count). The van der Waals surface area contributed by atoms with Crippen molar-refractivity contribution in [1.29, 1.82) is 0 Å². The topological polar surface area (TPSA) is 103 Å². The van der Waals surface area contributed by atoms with Gasteiger partial charge in [0.25, 0.3) is 5.91 Å². The maximum absolute atomic E-state index is 13.0. The third-order valence-corrected chi connectivity index (χ3v) is 5.53. The number of carbonyl (C=O) groups excluding carboxylic acids is 3. The summed E-state index contributed by atoms with van der Waals surface area (Å²) in [6.45, 7) is 6.97. The summed E-state index contributed by atoms with van der Waals surface area (Å²) in [6, 6.07) is 23.1. The van der Waals surface area contributed by atoms with Gasteiger partial charge >= 0.3 is 12.1 Å². The number of nitrogens with one attached hydrogen (secondary N) is 3. The summed E-state index contributed by atoms with van der Waals surface area (Å²) >= 11 is 0. The summed E-state index contributed by atoms with van der Waals surface area (Å²) in [5, 5.41) is 8.46. The zero-order valence-electron chi connectivity index (χ0n) is 23.2. The molecular weight excluding hydrogens is 494 g/mol. The van der Waals surface area contributed by atoms with Crippen LogP contribution in [0.3, 0.4) is 0 Å². The van der Waals surface area contributed by atoms with E-state index >= 15 is 0 Å². The molecule has 0 radical (unpaired) electrons. The van der Waals surface area contributed by atoms with Gasteiger partial charge in [0.2, 0.25) is 0 Å². The van der Waals surface area contributed by atoms with E-state index in [1.807, 2.05) is 61.5 Å². The van der Waals surface area contributed by atoms with E-state index in [0.29, 0.717) is 36.6 Å². The van der Waals surface area contributed by atoms with Gasteiger partial charge in [-0.3, -0.25) is 10.1 Å². The van der Waals surface area contributed by atoms with Gasteiger partial charge in [-0.15, -0.1) is 0 Å². The molecule has 0 atom stereocenters. The Morgan fingerprint density at radius 3 is 1.92 bits per heavy atom. The highest BCUT2D eigenvalue weighted by atomic mass is 16.6. The lowest BCUT2D eigenvalue weighted by molar-refractivity contribution is 0.0635. The zero-order valence-corrected chi connectivity index (χ0v) is 23.2. The molecule has 0 aliphatic heterocycles. The van der Waals surface area contributed by atoms with Crippen LogP contribution in [0.1, 0.15) is 36.7 Å². The van der Waals surface area contributed by atoms with Crippen molar-refractivity contribution in [1.82, 2.24) is 9.80 Å². The molecule has 0 bridgehead atoms. The molecule has 9 heteroatoms. The van der Waals surface area contributed by atoms with Crippen molar-refractivity contribution in [2.75, 3.05) is 43.1 Å². The van der Waals surface area contributed by atoms with Crippen molar-refractivity contribution in [2.45, 2.75) is 32.9 Å². The van der Waals surface area contributed by atoms with Gasteiger partial charge in [-0.05, 0) is 76.8 Å². The Hall–Kier alpha value is -4.37. The Morgan fingerprint density at radius 1 is 0.744 bits per heavy atom. The van der Waals surface area contributed by atoms with E-state index in [4.69, 9.17) is 4.74 Å². The maximum Gasteiger partial charge on any atom is 0.412 e. The monoisotopic (exact) mass is 531 g/mol. The minimum atomic E-state index is -0.645. The molecule has 0 saturated heterocycles. The molecule has 3 aromatic rings. The molecule has 4 amide bonds. The van der Waals surface area contributed by atoms with Crippen molar-refractivity contribution < 1.29 is 19.1 Å². The van der Waals surface area contributed by atoms with Crippen molar-refractivity contribution >= 4 is 35.1 Å². The number of anilines is 3. The number of hydrogen-bond donors (Lipinski definition) is 3. The second-order valence-electron chi connectivity index (χ2n) is 10.3. The molecule has 3 N–H and O–H groups in total. The predicted octanol–water partition coefficient (Wildman–Crippen LogP) is 5.88. The van der Waals surface area contributed by atoms with Gasteiger partial charge in [0.15, 0.2) is 0 Å². The molecule has 0 aliphatic carbocycles. The molecule has 3 aromatic carbocycles. The number of hydrogen-bond acceptors (Lipinski definition) is 5. The van der Waals surface area contributed by atoms with Crippen LogP contribution in [0.4, 0.5) is 26.7 Å². The van der Waals surface area contributed by atoms with E-state index < -0.39 is 11.7 Å². The molecule has 0 heterocycles. The van der Waals surface area contributed by atoms with Crippen LogP contribution >= 0.6 is 0 Å². The van der Waals surface area contributed by atoms with Crippen molar-refractivity contribution in [3.05, 3.63) is 90.0 Å². The lowest BCUT2D eigenvalue weighted by atomic mass is 10.1. The standard InChI is InChI=1S/C30H37N5O4/c1-30(2,3)39-29(38)33-26-14-10-9-13-25(26)32-27(36)23-17-15-22(16-18-23)21-35(20-19-34(4)5)28(37)31-24-11-7-6-8-12-24/h6-18H,19-21H2,1-5H3,(H,31,37)(H,32,36)(H,33,38). The Morgan fingerprint density at radius 2 is 1.33 bits per heavy atom. The Bertz CT molecular complexity index is 1250. The number of urea groups is 1. The molecule has 9 nitrogen and oxygen atoms in total. The molecule has 39 heavy (non-hydrogen) atoms. The Balaban J connectivity index is 1.66. The summed E-state index contributed by atoms with van der Waals surface area (Å²) in [4.78, 5) is 41.9. The SMILES string of the molecule is CN(C)CCN(Cc1ccc(C(=O)Nc2ccccc2NC(=O)OC(C)(C)C)cc1)C(=O)Nc1ccccc1. The Labute approximate surface area is 230 Å². The molecule has 0 spiro atoms. The second kappa shape index (κ2) is 13.4. The maximum atomic E-state index is 13.0. The van der Waals surface area contributed by atoms with Crippen LogP contribution in [-0.4, -0.2) is 60.6 Å². The van der Waals surface area contributed by atoms with E-state index in [-0.39, 0.29) is 11.9 Å².